The predicted molar refractivity (Wildman–Crippen MR) is 93.0 cm³/mol. The Bertz CT molecular complexity index is 280. The summed E-state index contributed by atoms with van der Waals surface area (Å²) in [4.78, 5) is 23.0. The molecule has 0 atom stereocenters. The summed E-state index contributed by atoms with van der Waals surface area (Å²) in [6.45, 7) is 7.10. The Morgan fingerprint density at radius 1 is 0.682 bits per heavy atom. The number of ketones is 1. The van der Waals surface area contributed by atoms with E-state index in [0.717, 1.165) is 64.6 Å². The largest absolute Gasteiger partial charge is 0.356 e. The maximum atomic E-state index is 11.6. The molecule has 0 aromatic rings. The van der Waals surface area contributed by atoms with Crippen LogP contribution in [0, 0.1) is 0 Å². The quantitative estimate of drug-likeness (QED) is 0.428. The van der Waals surface area contributed by atoms with Crippen molar-refractivity contribution >= 4 is 11.7 Å². The lowest BCUT2D eigenvalue weighted by molar-refractivity contribution is -0.121. The lowest BCUT2D eigenvalue weighted by atomic mass is 10.1. The van der Waals surface area contributed by atoms with Gasteiger partial charge in [0.05, 0.1) is 0 Å². The summed E-state index contributed by atoms with van der Waals surface area (Å²) in [5.74, 6) is 0.545. The Kier molecular flexibility index (Phi) is 15.8. The van der Waals surface area contributed by atoms with E-state index in [1.807, 2.05) is 6.92 Å². The highest BCUT2D eigenvalue weighted by Gasteiger charge is 2.02. The first kappa shape index (κ1) is 21.1. The van der Waals surface area contributed by atoms with E-state index in [-0.39, 0.29) is 5.91 Å². The molecule has 2 N–H and O–H groups in total. The van der Waals surface area contributed by atoms with Crippen molar-refractivity contribution in [2.75, 3.05) is 19.6 Å². The number of Topliss-reactive ketones (excluding diaryl/α,β-unsaturated/α-hetero) is 1. The zero-order chi connectivity index (χ0) is 16.5. The van der Waals surface area contributed by atoms with Crippen molar-refractivity contribution in [2.45, 2.75) is 84.5 Å². The molecule has 1 amide bonds. The number of hydrogen-bond acceptors (Lipinski definition) is 3. The van der Waals surface area contributed by atoms with Gasteiger partial charge >= 0.3 is 0 Å². The smallest absolute Gasteiger partial charge is 0.219 e. The highest BCUT2D eigenvalue weighted by atomic mass is 16.1. The minimum atomic E-state index is 0.170. The van der Waals surface area contributed by atoms with Gasteiger partial charge in [0.25, 0.3) is 0 Å². The summed E-state index contributed by atoms with van der Waals surface area (Å²) in [6.07, 6.45) is 10.4. The average Bonchev–Trinajstić information content (AvgIpc) is 2.50. The van der Waals surface area contributed by atoms with Gasteiger partial charge in [-0.1, -0.05) is 26.7 Å². The van der Waals surface area contributed by atoms with Gasteiger partial charge in [-0.2, -0.15) is 0 Å². The topological polar surface area (TPSA) is 58.2 Å². The van der Waals surface area contributed by atoms with Crippen molar-refractivity contribution in [2.24, 2.45) is 0 Å². The summed E-state index contributed by atoms with van der Waals surface area (Å²) in [5, 5.41) is 6.34. The third kappa shape index (κ3) is 15.5. The summed E-state index contributed by atoms with van der Waals surface area (Å²) in [6, 6.07) is 0. The van der Waals surface area contributed by atoms with Crippen LogP contribution in [0.25, 0.3) is 0 Å². The third-order valence-corrected chi connectivity index (χ3v) is 3.67. The number of amides is 1. The summed E-state index contributed by atoms with van der Waals surface area (Å²) >= 11 is 0. The van der Waals surface area contributed by atoms with Crippen LogP contribution >= 0.6 is 0 Å². The molecule has 0 bridgehead atoms. The van der Waals surface area contributed by atoms with Gasteiger partial charge in [-0.05, 0) is 51.6 Å². The van der Waals surface area contributed by atoms with Crippen LogP contribution in [0.15, 0.2) is 0 Å². The molecule has 4 heteroatoms. The predicted octanol–water partition coefficient (Wildman–Crippen LogP) is 3.59. The molecule has 0 spiro atoms. The minimum Gasteiger partial charge on any atom is -0.356 e. The molecule has 0 unspecified atom stereocenters. The number of carbonyl (C=O) groups is 2. The monoisotopic (exact) mass is 312 g/mol. The van der Waals surface area contributed by atoms with Crippen molar-refractivity contribution in [3.05, 3.63) is 0 Å². The summed E-state index contributed by atoms with van der Waals surface area (Å²) < 4.78 is 0. The highest BCUT2D eigenvalue weighted by molar-refractivity contribution is 5.78. The Labute approximate surface area is 136 Å². The van der Waals surface area contributed by atoms with Crippen LogP contribution in [-0.4, -0.2) is 31.3 Å². The van der Waals surface area contributed by atoms with Gasteiger partial charge in [-0.25, -0.2) is 0 Å². The van der Waals surface area contributed by atoms with Gasteiger partial charge in [-0.15, -0.1) is 0 Å². The minimum absolute atomic E-state index is 0.170. The molecule has 22 heavy (non-hydrogen) atoms. The van der Waals surface area contributed by atoms with E-state index in [1.54, 1.807) is 0 Å². The fraction of sp³-hybridized carbons (Fsp3) is 0.889. The molecule has 0 radical (unpaired) electrons. The molecule has 4 nitrogen and oxygen atoms in total. The third-order valence-electron chi connectivity index (χ3n) is 3.67. The van der Waals surface area contributed by atoms with E-state index in [1.165, 1.54) is 6.42 Å². The molecule has 0 aliphatic carbocycles. The molecular weight excluding hydrogens is 276 g/mol. The number of rotatable bonds is 16. The molecular formula is C18H36N2O2. The summed E-state index contributed by atoms with van der Waals surface area (Å²) in [7, 11) is 0. The van der Waals surface area contributed by atoms with Crippen LogP contribution < -0.4 is 10.6 Å². The van der Waals surface area contributed by atoms with Crippen LogP contribution in [0.2, 0.25) is 0 Å². The van der Waals surface area contributed by atoms with Crippen LogP contribution in [0.1, 0.15) is 84.5 Å². The SMILES string of the molecule is CCCNCCCCCC(=O)NCCCCCC(=O)CCC. The lowest BCUT2D eigenvalue weighted by Gasteiger charge is -2.06. The zero-order valence-corrected chi connectivity index (χ0v) is 14.7. The van der Waals surface area contributed by atoms with E-state index >= 15 is 0 Å². The first-order valence-electron chi connectivity index (χ1n) is 9.19. The van der Waals surface area contributed by atoms with E-state index in [2.05, 4.69) is 17.6 Å². The molecule has 0 aromatic heterocycles. The molecule has 130 valence electrons. The number of nitrogens with one attached hydrogen (secondary N) is 2. The molecule has 0 fully saturated rings. The molecule has 0 saturated carbocycles. The Morgan fingerprint density at radius 3 is 2.05 bits per heavy atom. The number of hydrogen-bond donors (Lipinski definition) is 2. The summed E-state index contributed by atoms with van der Waals surface area (Å²) in [5.41, 5.74) is 0. The molecule has 0 rings (SSSR count). The fourth-order valence-electron chi connectivity index (χ4n) is 2.36. The van der Waals surface area contributed by atoms with Crippen molar-refractivity contribution in [3.63, 3.8) is 0 Å². The maximum absolute atomic E-state index is 11.6. The van der Waals surface area contributed by atoms with E-state index in [9.17, 15) is 9.59 Å². The van der Waals surface area contributed by atoms with Crippen molar-refractivity contribution in [3.8, 4) is 0 Å². The number of unbranched alkanes of at least 4 members (excludes halogenated alkanes) is 4. The van der Waals surface area contributed by atoms with Crippen LogP contribution in [-0.2, 0) is 9.59 Å². The van der Waals surface area contributed by atoms with Crippen molar-refractivity contribution in [1.29, 1.82) is 0 Å². The van der Waals surface area contributed by atoms with Crippen LogP contribution in [0.4, 0.5) is 0 Å². The fourth-order valence-corrected chi connectivity index (χ4v) is 2.36. The average molecular weight is 312 g/mol. The van der Waals surface area contributed by atoms with Gasteiger partial charge < -0.3 is 10.6 Å². The molecule has 0 aliphatic heterocycles. The Hall–Kier alpha value is -0.900. The van der Waals surface area contributed by atoms with E-state index < -0.39 is 0 Å². The van der Waals surface area contributed by atoms with Crippen LogP contribution in [0.5, 0.6) is 0 Å². The maximum Gasteiger partial charge on any atom is 0.219 e. The molecule has 0 aliphatic rings. The van der Waals surface area contributed by atoms with Crippen molar-refractivity contribution in [1.82, 2.24) is 10.6 Å². The van der Waals surface area contributed by atoms with Gasteiger partial charge in [-0.3, -0.25) is 9.59 Å². The van der Waals surface area contributed by atoms with Crippen molar-refractivity contribution < 1.29 is 9.59 Å². The van der Waals surface area contributed by atoms with Gasteiger partial charge in [0.15, 0.2) is 0 Å². The first-order chi connectivity index (χ1) is 10.7. The van der Waals surface area contributed by atoms with Gasteiger partial charge in [0.1, 0.15) is 5.78 Å². The van der Waals surface area contributed by atoms with E-state index in [0.29, 0.717) is 25.0 Å². The lowest BCUT2D eigenvalue weighted by Crippen LogP contribution is -2.24. The van der Waals surface area contributed by atoms with Gasteiger partial charge in [0.2, 0.25) is 5.91 Å². The normalized spacial score (nSPS) is 10.6. The second kappa shape index (κ2) is 16.5. The Balaban J connectivity index is 3.24. The molecule has 0 heterocycles. The first-order valence-corrected chi connectivity index (χ1v) is 9.19. The van der Waals surface area contributed by atoms with Gasteiger partial charge in [0, 0.05) is 25.8 Å². The second-order valence-corrected chi connectivity index (χ2v) is 6.01. The van der Waals surface area contributed by atoms with E-state index in [4.69, 9.17) is 0 Å². The zero-order valence-electron chi connectivity index (χ0n) is 14.7. The number of carbonyl (C=O) groups excluding carboxylic acids is 2. The molecule has 0 aromatic carbocycles. The standard InChI is InChI=1S/C18H36N2O2/c1-3-11-17(21)12-7-5-10-16-20-18(22)13-8-6-9-15-19-14-4-2/h19H,3-16H2,1-2H3,(H,20,22). The van der Waals surface area contributed by atoms with Crippen LogP contribution in [0.3, 0.4) is 0 Å². The highest BCUT2D eigenvalue weighted by Crippen LogP contribution is 2.04. The molecule has 0 saturated heterocycles. The Morgan fingerprint density at radius 2 is 1.36 bits per heavy atom. The second-order valence-electron chi connectivity index (χ2n) is 6.01.